The number of carbonyl (C=O) groups excluding carboxylic acids is 1. The minimum atomic E-state index is -3.39. The van der Waals surface area contributed by atoms with Gasteiger partial charge in [-0.2, -0.15) is 0 Å². The summed E-state index contributed by atoms with van der Waals surface area (Å²) in [6.07, 6.45) is 0.525. The summed E-state index contributed by atoms with van der Waals surface area (Å²) in [6.45, 7) is 6.95. The van der Waals surface area contributed by atoms with Crippen LogP contribution < -0.4 is 23.8 Å². The number of anilines is 2. The zero-order chi connectivity index (χ0) is 23.3. The second-order valence-corrected chi connectivity index (χ2v) is 9.01. The predicted octanol–water partition coefficient (Wildman–Crippen LogP) is 3.38. The van der Waals surface area contributed by atoms with Gasteiger partial charge >= 0.3 is 0 Å². The van der Waals surface area contributed by atoms with Gasteiger partial charge < -0.3 is 24.6 Å². The van der Waals surface area contributed by atoms with Crippen LogP contribution in [-0.4, -0.2) is 51.5 Å². The van der Waals surface area contributed by atoms with Crippen molar-refractivity contribution in [3.63, 3.8) is 0 Å². The Kier molecular flexibility index (Phi) is 7.34. The van der Waals surface area contributed by atoms with E-state index in [9.17, 15) is 18.3 Å². The Morgan fingerprint density at radius 1 is 1.03 bits per heavy atom. The normalized spacial score (nSPS) is 14.8. The fourth-order valence-electron chi connectivity index (χ4n) is 3.42. The summed E-state index contributed by atoms with van der Waals surface area (Å²) in [7, 11) is -3.39. The van der Waals surface area contributed by atoms with Crippen LogP contribution in [0.1, 0.15) is 37.6 Å². The third-order valence-electron chi connectivity index (χ3n) is 4.79. The highest BCUT2D eigenvalue weighted by molar-refractivity contribution is 7.93. The Hall–Kier alpha value is -3.14. The van der Waals surface area contributed by atoms with Gasteiger partial charge in [-0.1, -0.05) is 0 Å². The lowest BCUT2D eigenvalue weighted by Gasteiger charge is -2.19. The van der Waals surface area contributed by atoms with Crippen LogP contribution in [0.4, 0.5) is 11.4 Å². The molecule has 9 nitrogen and oxygen atoms in total. The Labute approximate surface area is 187 Å². The van der Waals surface area contributed by atoms with Gasteiger partial charge in [0.1, 0.15) is 5.75 Å². The number of carbonyl (C=O) groups is 1. The van der Waals surface area contributed by atoms with Gasteiger partial charge in [-0.25, -0.2) is 8.42 Å². The molecule has 0 bridgehead atoms. The van der Waals surface area contributed by atoms with Crippen LogP contribution in [0.2, 0.25) is 0 Å². The number of ether oxygens (including phenoxy) is 3. The van der Waals surface area contributed by atoms with E-state index in [1.54, 1.807) is 0 Å². The molecular formula is C22H28N2O7S. The first-order valence-electron chi connectivity index (χ1n) is 10.5. The number of aromatic hydroxyl groups is 1. The first kappa shape index (κ1) is 23.5. The molecular weight excluding hydrogens is 436 g/mol. The van der Waals surface area contributed by atoms with Crippen molar-refractivity contribution < 1.29 is 32.5 Å². The van der Waals surface area contributed by atoms with Gasteiger partial charge in [0.2, 0.25) is 15.8 Å². The smallest absolute Gasteiger partial charge is 0.256 e. The molecule has 1 fully saturated rings. The molecule has 0 spiro atoms. The number of benzene rings is 2. The molecule has 1 saturated heterocycles. The molecule has 0 atom stereocenters. The van der Waals surface area contributed by atoms with Gasteiger partial charge in [0.05, 0.1) is 36.9 Å². The molecule has 1 aliphatic heterocycles. The predicted molar refractivity (Wildman–Crippen MR) is 122 cm³/mol. The van der Waals surface area contributed by atoms with Crippen LogP contribution >= 0.6 is 0 Å². The molecule has 32 heavy (non-hydrogen) atoms. The number of amides is 1. The van der Waals surface area contributed by atoms with Crippen LogP contribution in [0.15, 0.2) is 30.3 Å². The fourth-order valence-corrected chi connectivity index (χ4v) is 4.98. The van der Waals surface area contributed by atoms with Crippen LogP contribution in [0.3, 0.4) is 0 Å². The second kappa shape index (κ2) is 9.99. The van der Waals surface area contributed by atoms with Crippen LogP contribution in [0, 0.1) is 0 Å². The van der Waals surface area contributed by atoms with Crippen LogP contribution in [0.5, 0.6) is 23.0 Å². The number of phenols is 1. The van der Waals surface area contributed by atoms with Gasteiger partial charge in [0, 0.05) is 12.1 Å². The van der Waals surface area contributed by atoms with E-state index in [2.05, 4.69) is 5.32 Å². The molecule has 1 amide bonds. The summed E-state index contributed by atoms with van der Waals surface area (Å²) in [5.74, 6) is 0.517. The van der Waals surface area contributed by atoms with E-state index in [4.69, 9.17) is 14.2 Å². The maximum atomic E-state index is 13.0. The molecule has 0 radical (unpaired) electrons. The number of nitrogens with zero attached hydrogens (tertiary/aromatic N) is 1. The molecule has 2 N–H and O–H groups in total. The van der Waals surface area contributed by atoms with E-state index in [1.807, 2.05) is 20.8 Å². The Balaban J connectivity index is 1.93. The monoisotopic (exact) mass is 464 g/mol. The average molecular weight is 465 g/mol. The Morgan fingerprint density at radius 2 is 1.66 bits per heavy atom. The van der Waals surface area contributed by atoms with Gasteiger partial charge in [-0.3, -0.25) is 9.10 Å². The number of nitrogens with one attached hydrogen (secondary N) is 1. The SMILES string of the molecule is CCOc1cc(C(=O)Nc2cc(N3CCCS3(=O)=O)ccc2O)cc(OCC)c1OCC. The summed E-state index contributed by atoms with van der Waals surface area (Å²) in [5.41, 5.74) is 0.714. The van der Waals surface area contributed by atoms with Crippen molar-refractivity contribution >= 4 is 27.3 Å². The maximum Gasteiger partial charge on any atom is 0.256 e. The highest BCUT2D eigenvalue weighted by Crippen LogP contribution is 2.40. The summed E-state index contributed by atoms with van der Waals surface area (Å²) < 4.78 is 42.7. The number of sulfonamides is 1. The van der Waals surface area contributed by atoms with E-state index >= 15 is 0 Å². The van der Waals surface area contributed by atoms with E-state index in [0.29, 0.717) is 55.7 Å². The van der Waals surface area contributed by atoms with Crippen molar-refractivity contribution in [2.75, 3.05) is 41.7 Å². The van der Waals surface area contributed by atoms with Gasteiger partial charge in [0.15, 0.2) is 11.5 Å². The van der Waals surface area contributed by atoms with E-state index < -0.39 is 15.9 Å². The van der Waals surface area contributed by atoms with Crippen LogP contribution in [0.25, 0.3) is 0 Å². The van der Waals surface area contributed by atoms with E-state index in [0.717, 1.165) is 0 Å². The lowest BCUT2D eigenvalue weighted by Crippen LogP contribution is -2.25. The topological polar surface area (TPSA) is 114 Å². The van der Waals surface area contributed by atoms with Crippen molar-refractivity contribution in [1.82, 2.24) is 0 Å². The molecule has 2 aromatic carbocycles. The Bertz CT molecular complexity index is 1060. The average Bonchev–Trinajstić information content (AvgIpc) is 3.11. The number of hydrogen-bond acceptors (Lipinski definition) is 7. The van der Waals surface area contributed by atoms with Crippen LogP contribution in [-0.2, 0) is 10.0 Å². The first-order chi connectivity index (χ1) is 15.3. The summed E-state index contributed by atoms with van der Waals surface area (Å²) in [5, 5.41) is 12.9. The first-order valence-corrected chi connectivity index (χ1v) is 12.1. The molecule has 0 saturated carbocycles. The lowest BCUT2D eigenvalue weighted by molar-refractivity contribution is 0.102. The van der Waals surface area contributed by atoms with Gasteiger partial charge in [-0.05, 0) is 57.5 Å². The standard InChI is InChI=1S/C22H28N2O7S/c1-4-29-19-12-15(13-20(30-5-2)21(19)31-6-3)22(26)23-17-14-16(8-9-18(17)25)24-10-7-11-32(24,27)28/h8-9,12-14,25H,4-7,10-11H2,1-3H3,(H,23,26). The van der Waals surface area contributed by atoms with E-state index in [1.165, 1.54) is 34.6 Å². The number of hydrogen-bond donors (Lipinski definition) is 2. The highest BCUT2D eigenvalue weighted by atomic mass is 32.2. The largest absolute Gasteiger partial charge is 0.506 e. The lowest BCUT2D eigenvalue weighted by atomic mass is 10.1. The zero-order valence-corrected chi connectivity index (χ0v) is 19.2. The van der Waals surface area contributed by atoms with Crippen molar-refractivity contribution in [2.24, 2.45) is 0 Å². The minimum Gasteiger partial charge on any atom is -0.506 e. The molecule has 0 unspecified atom stereocenters. The van der Waals surface area contributed by atoms with Gasteiger partial charge in [0.25, 0.3) is 5.91 Å². The third kappa shape index (κ3) is 5.01. The molecule has 0 aliphatic carbocycles. The zero-order valence-electron chi connectivity index (χ0n) is 18.4. The third-order valence-corrected chi connectivity index (χ3v) is 6.66. The molecule has 1 aliphatic rings. The molecule has 174 valence electrons. The summed E-state index contributed by atoms with van der Waals surface area (Å²) in [6, 6.07) is 7.38. The maximum absolute atomic E-state index is 13.0. The molecule has 1 heterocycles. The second-order valence-electron chi connectivity index (χ2n) is 7.00. The van der Waals surface area contributed by atoms with E-state index in [-0.39, 0.29) is 22.8 Å². The fraction of sp³-hybridized carbons (Fsp3) is 0.409. The molecule has 3 rings (SSSR count). The summed E-state index contributed by atoms with van der Waals surface area (Å²) >= 11 is 0. The van der Waals surface area contributed by atoms with Crippen molar-refractivity contribution in [3.8, 4) is 23.0 Å². The highest BCUT2D eigenvalue weighted by Gasteiger charge is 2.29. The molecule has 0 aromatic heterocycles. The van der Waals surface area contributed by atoms with Gasteiger partial charge in [-0.15, -0.1) is 0 Å². The number of phenolic OH excluding ortho intramolecular Hbond substituents is 1. The molecule has 10 heteroatoms. The molecule has 2 aromatic rings. The van der Waals surface area contributed by atoms with Crippen molar-refractivity contribution in [3.05, 3.63) is 35.9 Å². The quantitative estimate of drug-likeness (QED) is 0.547. The number of rotatable bonds is 9. The minimum absolute atomic E-state index is 0.0716. The Morgan fingerprint density at radius 3 is 2.19 bits per heavy atom. The van der Waals surface area contributed by atoms with Crippen molar-refractivity contribution in [2.45, 2.75) is 27.2 Å². The summed E-state index contributed by atoms with van der Waals surface area (Å²) in [4.78, 5) is 13.0. The van der Waals surface area contributed by atoms with Crippen molar-refractivity contribution in [1.29, 1.82) is 0 Å².